The summed E-state index contributed by atoms with van der Waals surface area (Å²) in [6.45, 7) is 6.30. The first-order chi connectivity index (χ1) is 18.5. The quantitative estimate of drug-likeness (QED) is 0.399. The van der Waals surface area contributed by atoms with Crippen molar-refractivity contribution in [1.29, 1.82) is 0 Å². The number of piperidine rings is 1. The van der Waals surface area contributed by atoms with Crippen LogP contribution in [0.3, 0.4) is 0 Å². The van der Waals surface area contributed by atoms with Gasteiger partial charge < -0.3 is 23.8 Å². The third kappa shape index (κ3) is 5.62. The molecule has 0 N–H and O–H groups in total. The van der Waals surface area contributed by atoms with Crippen LogP contribution in [-0.2, 0) is 19.5 Å². The molecule has 202 valence electrons. The van der Waals surface area contributed by atoms with E-state index in [0.29, 0.717) is 53.8 Å². The Kier molecular flexibility index (Phi) is 7.83. The van der Waals surface area contributed by atoms with Gasteiger partial charge in [0.1, 0.15) is 11.6 Å². The highest BCUT2D eigenvalue weighted by molar-refractivity contribution is 5.54. The van der Waals surface area contributed by atoms with Gasteiger partial charge in [-0.1, -0.05) is 6.92 Å². The molecule has 3 heterocycles. The van der Waals surface area contributed by atoms with Gasteiger partial charge in [-0.2, -0.15) is 4.98 Å². The van der Waals surface area contributed by atoms with Crippen molar-refractivity contribution in [2.24, 2.45) is 5.92 Å². The van der Waals surface area contributed by atoms with E-state index in [2.05, 4.69) is 16.7 Å². The maximum Gasteiger partial charge on any atom is 0.228 e. The van der Waals surface area contributed by atoms with Crippen LogP contribution in [0.4, 0.5) is 10.3 Å². The summed E-state index contributed by atoms with van der Waals surface area (Å²) >= 11 is 0. The Morgan fingerprint density at radius 2 is 1.61 bits per heavy atom. The van der Waals surface area contributed by atoms with Gasteiger partial charge >= 0.3 is 0 Å². The summed E-state index contributed by atoms with van der Waals surface area (Å²) in [4.78, 5) is 14.5. The van der Waals surface area contributed by atoms with Gasteiger partial charge in [-0.3, -0.25) is 4.90 Å². The van der Waals surface area contributed by atoms with E-state index in [-0.39, 0.29) is 5.82 Å². The lowest BCUT2D eigenvalue weighted by atomic mass is 9.99. The van der Waals surface area contributed by atoms with E-state index in [0.717, 1.165) is 55.7 Å². The fourth-order valence-corrected chi connectivity index (χ4v) is 5.10. The fourth-order valence-electron chi connectivity index (χ4n) is 5.10. The van der Waals surface area contributed by atoms with Crippen LogP contribution in [0.15, 0.2) is 36.4 Å². The topological polar surface area (TPSA) is 69.2 Å². The number of benzene rings is 2. The molecule has 0 radical (unpaired) electrons. The molecule has 38 heavy (non-hydrogen) atoms. The number of rotatable bonds is 8. The number of fused-ring (bicyclic) bond motifs is 1. The molecule has 3 aromatic rings. The van der Waals surface area contributed by atoms with E-state index in [1.807, 2.05) is 12.1 Å². The van der Waals surface area contributed by atoms with Gasteiger partial charge in [0, 0.05) is 39.1 Å². The molecule has 1 aromatic heterocycles. The highest BCUT2D eigenvalue weighted by Gasteiger charge is 2.27. The van der Waals surface area contributed by atoms with Crippen LogP contribution in [-0.4, -0.2) is 55.8 Å². The molecule has 5 rings (SSSR count). The third-order valence-electron chi connectivity index (χ3n) is 7.31. The smallest absolute Gasteiger partial charge is 0.228 e. The van der Waals surface area contributed by atoms with Gasteiger partial charge in [0.2, 0.25) is 17.6 Å². The van der Waals surface area contributed by atoms with E-state index in [9.17, 15) is 4.39 Å². The fraction of sp³-hybridized carbons (Fsp3) is 0.448. The summed E-state index contributed by atoms with van der Waals surface area (Å²) in [7, 11) is 4.84. The van der Waals surface area contributed by atoms with E-state index in [1.54, 1.807) is 33.5 Å². The molecule has 1 fully saturated rings. The second-order valence-corrected chi connectivity index (χ2v) is 9.97. The lowest BCUT2D eigenvalue weighted by Crippen LogP contribution is -2.36. The molecule has 0 unspecified atom stereocenters. The van der Waals surface area contributed by atoms with Crippen molar-refractivity contribution in [1.82, 2.24) is 14.9 Å². The summed E-state index contributed by atoms with van der Waals surface area (Å²) in [5.41, 5.74) is 3.01. The number of ether oxygens (including phenoxy) is 4. The first-order valence-electron chi connectivity index (χ1n) is 13.1. The van der Waals surface area contributed by atoms with Crippen molar-refractivity contribution in [3.05, 3.63) is 59.0 Å². The lowest BCUT2D eigenvalue weighted by molar-refractivity contribution is 0.237. The largest absolute Gasteiger partial charge is 0.493 e. The average Bonchev–Trinajstić information content (AvgIpc) is 2.94. The second kappa shape index (κ2) is 11.4. The van der Waals surface area contributed by atoms with Crippen molar-refractivity contribution >= 4 is 5.95 Å². The predicted molar refractivity (Wildman–Crippen MR) is 143 cm³/mol. The SMILES string of the molecule is COc1cc(CN2CCc3nc(N4CCC(C)CC4)nc(Oc4ccc(F)cc4)c3C2)cc(OC)c1OC. The van der Waals surface area contributed by atoms with Crippen molar-refractivity contribution in [2.45, 2.75) is 39.3 Å². The Labute approximate surface area is 223 Å². The molecule has 2 aliphatic heterocycles. The average molecular weight is 523 g/mol. The standard InChI is InChI=1S/C29H35FN4O4/c1-19-9-13-34(14-10-19)29-31-24-11-12-33(17-20-15-25(35-2)27(37-4)26(16-20)36-3)18-23(24)28(32-29)38-22-7-5-21(30)6-8-22/h5-8,15-16,19H,9-14,17-18H2,1-4H3. The Morgan fingerprint density at radius 3 is 2.24 bits per heavy atom. The second-order valence-electron chi connectivity index (χ2n) is 9.97. The number of methoxy groups -OCH3 is 3. The molecule has 1 saturated heterocycles. The molecule has 0 saturated carbocycles. The van der Waals surface area contributed by atoms with Crippen LogP contribution in [0.5, 0.6) is 28.9 Å². The van der Waals surface area contributed by atoms with Crippen LogP contribution in [0.1, 0.15) is 36.6 Å². The number of anilines is 1. The highest BCUT2D eigenvalue weighted by atomic mass is 19.1. The summed E-state index contributed by atoms with van der Waals surface area (Å²) in [6.07, 6.45) is 3.02. The lowest BCUT2D eigenvalue weighted by Gasteiger charge is -2.33. The van der Waals surface area contributed by atoms with Crippen LogP contribution in [0.25, 0.3) is 0 Å². The number of hydrogen-bond acceptors (Lipinski definition) is 8. The summed E-state index contributed by atoms with van der Waals surface area (Å²) in [6, 6.07) is 10.00. The molecule has 0 bridgehead atoms. The van der Waals surface area contributed by atoms with Crippen LogP contribution >= 0.6 is 0 Å². The van der Waals surface area contributed by atoms with Crippen molar-refractivity contribution < 1.29 is 23.3 Å². The maximum absolute atomic E-state index is 13.5. The minimum atomic E-state index is -0.304. The maximum atomic E-state index is 13.5. The number of halogens is 1. The highest BCUT2D eigenvalue weighted by Crippen LogP contribution is 2.39. The molecule has 0 spiro atoms. The molecule has 0 atom stereocenters. The number of aromatic nitrogens is 2. The first-order valence-corrected chi connectivity index (χ1v) is 13.1. The Morgan fingerprint density at radius 1 is 0.921 bits per heavy atom. The Hall–Kier alpha value is -3.59. The van der Waals surface area contributed by atoms with Crippen molar-refractivity contribution in [3.63, 3.8) is 0 Å². The normalized spacial score (nSPS) is 16.2. The first kappa shape index (κ1) is 26.0. The molecular weight excluding hydrogens is 487 g/mol. The Balaban J connectivity index is 1.43. The van der Waals surface area contributed by atoms with Gasteiger partial charge in [0.15, 0.2) is 11.5 Å². The van der Waals surface area contributed by atoms with E-state index < -0.39 is 0 Å². The molecule has 2 aromatic carbocycles. The zero-order valence-corrected chi connectivity index (χ0v) is 22.5. The monoisotopic (exact) mass is 522 g/mol. The van der Waals surface area contributed by atoms with Crippen LogP contribution in [0.2, 0.25) is 0 Å². The van der Waals surface area contributed by atoms with Gasteiger partial charge in [-0.05, 0) is 60.7 Å². The van der Waals surface area contributed by atoms with Gasteiger partial charge in [0.25, 0.3) is 0 Å². The third-order valence-corrected chi connectivity index (χ3v) is 7.31. The zero-order valence-electron chi connectivity index (χ0n) is 22.5. The number of hydrogen-bond donors (Lipinski definition) is 0. The Bertz CT molecular complexity index is 1240. The molecule has 2 aliphatic rings. The molecular formula is C29H35FN4O4. The summed E-state index contributed by atoms with van der Waals surface area (Å²) < 4.78 is 36.3. The van der Waals surface area contributed by atoms with Crippen LogP contribution in [0, 0.1) is 11.7 Å². The zero-order chi connectivity index (χ0) is 26.6. The summed E-state index contributed by atoms with van der Waals surface area (Å²) in [5.74, 6) is 4.03. The minimum absolute atomic E-state index is 0.304. The van der Waals surface area contributed by atoms with Crippen molar-refractivity contribution in [3.8, 4) is 28.9 Å². The molecule has 8 nitrogen and oxygen atoms in total. The van der Waals surface area contributed by atoms with E-state index in [1.165, 1.54) is 12.1 Å². The number of nitrogens with zero attached hydrogens (tertiary/aromatic N) is 4. The van der Waals surface area contributed by atoms with Gasteiger partial charge in [0.05, 0.1) is 32.6 Å². The van der Waals surface area contributed by atoms with E-state index in [4.69, 9.17) is 28.9 Å². The minimum Gasteiger partial charge on any atom is -0.493 e. The molecule has 0 aliphatic carbocycles. The van der Waals surface area contributed by atoms with Crippen LogP contribution < -0.4 is 23.8 Å². The van der Waals surface area contributed by atoms with Gasteiger partial charge in [-0.25, -0.2) is 9.37 Å². The van der Waals surface area contributed by atoms with Crippen molar-refractivity contribution in [2.75, 3.05) is 45.9 Å². The summed E-state index contributed by atoms with van der Waals surface area (Å²) in [5, 5.41) is 0. The molecule has 9 heteroatoms. The predicted octanol–water partition coefficient (Wildman–Crippen LogP) is 5.23. The molecule has 0 amide bonds. The van der Waals surface area contributed by atoms with Gasteiger partial charge in [-0.15, -0.1) is 0 Å². The van der Waals surface area contributed by atoms with E-state index >= 15 is 0 Å².